The molecule has 1 aromatic rings. The Morgan fingerprint density at radius 3 is 3.00 bits per heavy atom. The molecule has 2 aliphatic rings. The van der Waals surface area contributed by atoms with Crippen molar-refractivity contribution in [2.24, 2.45) is 0 Å². The van der Waals surface area contributed by atoms with E-state index in [1.165, 1.54) is 44.1 Å². The fraction of sp³-hybridized carbons (Fsp3) is 0.750. The van der Waals surface area contributed by atoms with Gasteiger partial charge < -0.3 is 14.6 Å². The lowest BCUT2D eigenvalue weighted by molar-refractivity contribution is 0.0970. The van der Waals surface area contributed by atoms with Crippen LogP contribution in [0.4, 0.5) is 0 Å². The Labute approximate surface area is 116 Å². The van der Waals surface area contributed by atoms with Crippen LogP contribution in [0.2, 0.25) is 0 Å². The third kappa shape index (κ3) is 3.03. The lowest BCUT2D eigenvalue weighted by atomic mass is 10.0. The summed E-state index contributed by atoms with van der Waals surface area (Å²) in [6.07, 6.45) is 12.8. The van der Waals surface area contributed by atoms with E-state index in [2.05, 4.69) is 29.2 Å². The molecule has 106 valence electrons. The zero-order valence-corrected chi connectivity index (χ0v) is 12.0. The van der Waals surface area contributed by atoms with Gasteiger partial charge in [0.05, 0.1) is 6.10 Å². The number of hydrogen-bond donors (Lipinski definition) is 1. The number of aromatic nitrogens is 1. The second-order valence-electron chi connectivity index (χ2n) is 5.93. The van der Waals surface area contributed by atoms with Gasteiger partial charge in [-0.1, -0.05) is 13.3 Å². The maximum atomic E-state index is 5.75. The first-order valence-corrected chi connectivity index (χ1v) is 7.90. The average Bonchev–Trinajstić information content (AvgIpc) is 3.00. The van der Waals surface area contributed by atoms with Crippen molar-refractivity contribution in [3.05, 3.63) is 23.5 Å². The molecule has 0 radical (unpaired) electrons. The highest BCUT2D eigenvalue weighted by molar-refractivity contribution is 5.29. The zero-order chi connectivity index (χ0) is 13.1. The van der Waals surface area contributed by atoms with Gasteiger partial charge in [-0.2, -0.15) is 0 Å². The molecular weight excluding hydrogens is 236 g/mol. The Balaban J connectivity index is 1.75. The standard InChI is InChI=1S/C16H26N2O/c1-2-17-16-8-4-3-6-13-10-18(12-15(13)16)11-14-7-5-9-19-14/h10,12,14,16-17H,2-9,11H2,1H3. The molecule has 0 bridgehead atoms. The molecule has 1 aliphatic carbocycles. The van der Waals surface area contributed by atoms with Crippen molar-refractivity contribution in [1.29, 1.82) is 0 Å². The van der Waals surface area contributed by atoms with E-state index in [4.69, 9.17) is 4.74 Å². The molecule has 0 aromatic carbocycles. The van der Waals surface area contributed by atoms with E-state index in [9.17, 15) is 0 Å². The van der Waals surface area contributed by atoms with Gasteiger partial charge in [0.1, 0.15) is 0 Å². The minimum absolute atomic E-state index is 0.439. The third-order valence-corrected chi connectivity index (χ3v) is 4.45. The molecule has 1 saturated heterocycles. The van der Waals surface area contributed by atoms with Gasteiger partial charge in [0.15, 0.2) is 0 Å². The van der Waals surface area contributed by atoms with E-state index in [-0.39, 0.29) is 0 Å². The fourth-order valence-electron chi connectivity index (χ4n) is 3.50. The van der Waals surface area contributed by atoms with Gasteiger partial charge >= 0.3 is 0 Å². The van der Waals surface area contributed by atoms with Gasteiger partial charge in [-0.3, -0.25) is 0 Å². The molecule has 3 nitrogen and oxygen atoms in total. The molecule has 1 aliphatic heterocycles. The Hall–Kier alpha value is -0.800. The van der Waals surface area contributed by atoms with Crippen molar-refractivity contribution in [3.8, 4) is 0 Å². The third-order valence-electron chi connectivity index (χ3n) is 4.45. The minimum atomic E-state index is 0.439. The number of aryl methyl sites for hydroxylation is 1. The van der Waals surface area contributed by atoms with Gasteiger partial charge in [-0.05, 0) is 49.8 Å². The molecule has 0 amide bonds. The molecule has 2 atom stereocenters. The fourth-order valence-corrected chi connectivity index (χ4v) is 3.50. The summed E-state index contributed by atoms with van der Waals surface area (Å²) in [4.78, 5) is 0. The lowest BCUT2D eigenvalue weighted by Crippen LogP contribution is -2.20. The maximum absolute atomic E-state index is 5.75. The van der Waals surface area contributed by atoms with E-state index >= 15 is 0 Å². The van der Waals surface area contributed by atoms with Crippen LogP contribution in [0.15, 0.2) is 12.4 Å². The predicted octanol–water partition coefficient (Wildman–Crippen LogP) is 3.04. The molecule has 0 saturated carbocycles. The summed E-state index contributed by atoms with van der Waals surface area (Å²) in [7, 11) is 0. The second-order valence-corrected chi connectivity index (χ2v) is 5.93. The smallest absolute Gasteiger partial charge is 0.0754 e. The molecule has 1 aromatic heterocycles. The van der Waals surface area contributed by atoms with Crippen LogP contribution in [-0.2, 0) is 17.7 Å². The van der Waals surface area contributed by atoms with E-state index < -0.39 is 0 Å². The monoisotopic (exact) mass is 262 g/mol. The van der Waals surface area contributed by atoms with E-state index in [0.29, 0.717) is 12.1 Å². The molecule has 0 spiro atoms. The number of rotatable bonds is 4. The summed E-state index contributed by atoms with van der Waals surface area (Å²) < 4.78 is 8.12. The summed E-state index contributed by atoms with van der Waals surface area (Å²) in [5.41, 5.74) is 3.10. The topological polar surface area (TPSA) is 26.2 Å². The highest BCUT2D eigenvalue weighted by Crippen LogP contribution is 2.30. The molecule has 2 unspecified atom stereocenters. The first-order chi connectivity index (χ1) is 9.36. The summed E-state index contributed by atoms with van der Waals surface area (Å²) in [6, 6.07) is 0.563. The van der Waals surface area contributed by atoms with Crippen LogP contribution >= 0.6 is 0 Å². The Bertz CT molecular complexity index is 407. The molecular formula is C16H26N2O. The molecule has 19 heavy (non-hydrogen) atoms. The van der Waals surface area contributed by atoms with Crippen LogP contribution in [0.5, 0.6) is 0 Å². The quantitative estimate of drug-likeness (QED) is 0.844. The van der Waals surface area contributed by atoms with Crippen LogP contribution in [0.3, 0.4) is 0 Å². The Kier molecular flexibility index (Phi) is 4.24. The van der Waals surface area contributed by atoms with Crippen LogP contribution in [-0.4, -0.2) is 23.8 Å². The van der Waals surface area contributed by atoms with Crippen LogP contribution in [0.25, 0.3) is 0 Å². The highest BCUT2D eigenvalue weighted by atomic mass is 16.5. The molecule has 3 rings (SSSR count). The van der Waals surface area contributed by atoms with Gasteiger partial charge in [-0.15, -0.1) is 0 Å². The lowest BCUT2D eigenvalue weighted by Gasteiger charge is -2.16. The first-order valence-electron chi connectivity index (χ1n) is 7.90. The van der Waals surface area contributed by atoms with Crippen molar-refractivity contribution in [2.45, 2.75) is 64.1 Å². The van der Waals surface area contributed by atoms with Crippen molar-refractivity contribution in [2.75, 3.05) is 13.2 Å². The first kappa shape index (κ1) is 13.2. The summed E-state index contributed by atoms with van der Waals surface area (Å²) in [5, 5.41) is 3.64. The van der Waals surface area contributed by atoms with Gasteiger partial charge in [-0.25, -0.2) is 0 Å². The van der Waals surface area contributed by atoms with E-state index in [1.807, 2.05) is 0 Å². The van der Waals surface area contributed by atoms with Crippen molar-refractivity contribution in [3.63, 3.8) is 0 Å². The Morgan fingerprint density at radius 2 is 2.21 bits per heavy atom. The predicted molar refractivity (Wildman–Crippen MR) is 77.4 cm³/mol. The second kappa shape index (κ2) is 6.10. The highest BCUT2D eigenvalue weighted by Gasteiger charge is 2.21. The van der Waals surface area contributed by atoms with Gasteiger partial charge in [0.2, 0.25) is 0 Å². The van der Waals surface area contributed by atoms with Crippen molar-refractivity contribution in [1.82, 2.24) is 9.88 Å². The van der Waals surface area contributed by atoms with Crippen LogP contribution < -0.4 is 5.32 Å². The number of ether oxygens (including phenoxy) is 1. The van der Waals surface area contributed by atoms with Gasteiger partial charge in [0, 0.05) is 31.6 Å². The number of hydrogen-bond acceptors (Lipinski definition) is 2. The molecule has 3 heteroatoms. The number of nitrogens with zero attached hydrogens (tertiary/aromatic N) is 1. The maximum Gasteiger partial charge on any atom is 0.0754 e. The van der Waals surface area contributed by atoms with Crippen molar-refractivity contribution < 1.29 is 4.74 Å². The summed E-state index contributed by atoms with van der Waals surface area (Å²) in [6.45, 7) is 5.24. The molecule has 1 fully saturated rings. The zero-order valence-electron chi connectivity index (χ0n) is 12.0. The van der Waals surface area contributed by atoms with E-state index in [1.54, 1.807) is 5.56 Å². The van der Waals surface area contributed by atoms with Crippen molar-refractivity contribution >= 4 is 0 Å². The SMILES string of the molecule is CCNC1CCCCc2cn(CC3CCCO3)cc21. The molecule has 2 heterocycles. The summed E-state index contributed by atoms with van der Waals surface area (Å²) in [5.74, 6) is 0. The number of nitrogens with one attached hydrogen (secondary N) is 1. The van der Waals surface area contributed by atoms with Crippen LogP contribution in [0, 0.1) is 0 Å². The van der Waals surface area contributed by atoms with E-state index in [0.717, 1.165) is 19.7 Å². The van der Waals surface area contributed by atoms with Gasteiger partial charge in [0.25, 0.3) is 0 Å². The number of fused-ring (bicyclic) bond motifs is 1. The largest absolute Gasteiger partial charge is 0.376 e. The summed E-state index contributed by atoms with van der Waals surface area (Å²) >= 11 is 0. The Morgan fingerprint density at radius 1 is 1.26 bits per heavy atom. The van der Waals surface area contributed by atoms with Crippen LogP contribution in [0.1, 0.15) is 56.2 Å². The molecule has 1 N–H and O–H groups in total. The average molecular weight is 262 g/mol. The minimum Gasteiger partial charge on any atom is -0.376 e. The normalized spacial score (nSPS) is 27.2.